The largest absolute Gasteiger partial charge is 0.477 e. The number of β-lactam (4-membered cyclic amide) rings is 1. The first-order chi connectivity index (χ1) is 25.0. The maximum absolute atomic E-state index is 13.8. The number of carboxylic acids is 2. The smallest absolute Gasteiger partial charge is 0.411 e. The van der Waals surface area contributed by atoms with Crippen LogP contribution in [0.5, 0.6) is 0 Å². The third-order valence-electron chi connectivity index (χ3n) is 7.70. The molecule has 5 rings (SSSR count). The van der Waals surface area contributed by atoms with E-state index in [0.717, 1.165) is 22.7 Å². The highest BCUT2D eigenvalue weighted by Crippen LogP contribution is 2.41. The van der Waals surface area contributed by atoms with E-state index in [2.05, 4.69) is 37.2 Å². The summed E-state index contributed by atoms with van der Waals surface area (Å²) in [6.07, 6.45) is -0.238. The number of tetrazole rings is 1. The highest BCUT2D eigenvalue weighted by molar-refractivity contribution is 8.01. The number of carboxylic acid groups (broad SMARTS) is 2. The molecule has 2 saturated heterocycles. The number of anilines is 1. The van der Waals surface area contributed by atoms with Crippen LogP contribution in [0.4, 0.5) is 15.3 Å². The normalized spacial score (nSPS) is 19.6. The van der Waals surface area contributed by atoms with Gasteiger partial charge in [0.05, 0.1) is 12.8 Å². The van der Waals surface area contributed by atoms with Crippen molar-refractivity contribution < 1.29 is 62.7 Å². The predicted molar refractivity (Wildman–Crippen MR) is 179 cm³/mol. The van der Waals surface area contributed by atoms with Crippen molar-refractivity contribution in [1.29, 1.82) is 0 Å². The van der Waals surface area contributed by atoms with Crippen molar-refractivity contribution in [3.05, 3.63) is 47.8 Å². The van der Waals surface area contributed by atoms with Gasteiger partial charge in [0.1, 0.15) is 23.2 Å². The molecule has 0 bridgehead atoms. The second-order valence-electron chi connectivity index (χ2n) is 11.5. The first-order valence-electron chi connectivity index (χ1n) is 15.1. The summed E-state index contributed by atoms with van der Waals surface area (Å²) in [5.74, 6) is -4.85. The average molecular weight is 798 g/mol. The number of hydrogen-bond donors (Lipinski definition) is 6. The van der Waals surface area contributed by atoms with Crippen LogP contribution in [0.2, 0.25) is 0 Å². The van der Waals surface area contributed by atoms with Gasteiger partial charge in [0.15, 0.2) is 6.61 Å². The molecule has 1 aromatic heterocycles. The fourth-order valence-corrected chi connectivity index (χ4v) is 8.08. The van der Waals surface area contributed by atoms with Gasteiger partial charge in [-0.25, -0.2) is 27.5 Å². The van der Waals surface area contributed by atoms with Gasteiger partial charge >= 0.3 is 18.0 Å². The molecule has 23 nitrogen and oxygen atoms in total. The number of quaternary nitrogens is 1. The lowest BCUT2D eigenvalue weighted by molar-refractivity contribution is -0.412. The van der Waals surface area contributed by atoms with E-state index in [1.807, 2.05) is 0 Å². The van der Waals surface area contributed by atoms with Crippen LogP contribution in [0.25, 0.3) is 0 Å². The Labute approximate surface area is 307 Å². The Bertz CT molecular complexity index is 1990. The quantitative estimate of drug-likeness (QED) is 0.0666. The maximum Gasteiger partial charge on any atom is 0.411 e. The number of ether oxygens (including phenoxy) is 1. The maximum atomic E-state index is 13.8. The molecule has 284 valence electrons. The summed E-state index contributed by atoms with van der Waals surface area (Å²) < 4.78 is 30.5. The molecule has 4 atom stereocenters. The molecule has 0 aliphatic carbocycles. The summed E-state index contributed by atoms with van der Waals surface area (Å²) in [5, 5.41) is 37.0. The van der Waals surface area contributed by atoms with Crippen molar-refractivity contribution in [1.82, 2.24) is 44.9 Å². The molecule has 3 aliphatic heterocycles. The second-order valence-corrected chi connectivity index (χ2v) is 15.4. The van der Waals surface area contributed by atoms with E-state index in [0.29, 0.717) is 15.0 Å². The van der Waals surface area contributed by atoms with Gasteiger partial charge in [-0.05, 0) is 33.7 Å². The van der Waals surface area contributed by atoms with Crippen LogP contribution in [-0.2, 0) is 45.8 Å². The first kappa shape index (κ1) is 38.8. The molecule has 2 fully saturated rings. The van der Waals surface area contributed by atoms with Crippen molar-refractivity contribution in [3.63, 3.8) is 0 Å². The van der Waals surface area contributed by atoms with E-state index < -0.39 is 88.5 Å². The van der Waals surface area contributed by atoms with Crippen LogP contribution >= 0.6 is 23.5 Å². The molecule has 1 aromatic carbocycles. The molecule has 4 heterocycles. The number of carbonyl (C=O) groups excluding carboxylic acids is 5. The molecular formula is C27H31N11O12S3. The number of aryl methyl sites for hydroxylation is 1. The predicted octanol–water partition coefficient (Wildman–Crippen LogP) is -3.04. The second kappa shape index (κ2) is 15.6. The van der Waals surface area contributed by atoms with Crippen molar-refractivity contribution in [2.75, 3.05) is 36.2 Å². The fraction of sp³-hybridized carbons (Fsp3) is 0.370. The molecule has 6 amide bonds. The lowest BCUT2D eigenvalue weighted by Crippen LogP contribution is -2.71. The minimum absolute atomic E-state index is 0.104. The SMILES string of the molecule is Cn1nnnc1SCC1=C(C(=O)O)N2C(=O)[C@@H](NC(=O)[C@@H](NC(=O)N3[CH-]N(S(C)(=O)=O)C(=O)C3)c3ccc(NC(=O)OC[C@@H]([NH3+])C(=O)O)cc3)[C@H]2SC1. The minimum Gasteiger partial charge on any atom is -0.477 e. The Morgan fingerprint density at radius 2 is 1.87 bits per heavy atom. The monoisotopic (exact) mass is 797 g/mol. The summed E-state index contributed by atoms with van der Waals surface area (Å²) in [6.45, 7) is -0.424. The van der Waals surface area contributed by atoms with Crippen molar-refractivity contribution >= 4 is 81.0 Å². The minimum atomic E-state index is -4.06. The van der Waals surface area contributed by atoms with Crippen LogP contribution in [0, 0.1) is 6.67 Å². The fourth-order valence-electron chi connectivity index (χ4n) is 5.04. The molecule has 0 spiro atoms. The molecule has 26 heteroatoms. The number of sulfonamides is 1. The Morgan fingerprint density at radius 3 is 2.45 bits per heavy atom. The number of rotatable bonds is 13. The number of nitrogens with one attached hydrogen (secondary N) is 3. The summed E-state index contributed by atoms with van der Waals surface area (Å²) in [7, 11) is -2.44. The number of hydrogen-bond acceptors (Lipinski definition) is 15. The molecule has 0 radical (unpaired) electrons. The van der Waals surface area contributed by atoms with Crippen LogP contribution in [0.1, 0.15) is 11.6 Å². The molecular weight excluding hydrogens is 767 g/mol. The summed E-state index contributed by atoms with van der Waals surface area (Å²) >= 11 is 2.38. The Hall–Kier alpha value is -5.47. The van der Waals surface area contributed by atoms with Gasteiger partial charge in [-0.3, -0.25) is 29.4 Å². The van der Waals surface area contributed by atoms with Crippen LogP contribution in [0.15, 0.2) is 40.7 Å². The number of aliphatic carboxylic acids is 2. The molecule has 0 unspecified atom stereocenters. The zero-order valence-electron chi connectivity index (χ0n) is 27.6. The van der Waals surface area contributed by atoms with E-state index in [4.69, 9.17) is 9.84 Å². The number of thioether (sulfide) groups is 2. The Balaban J connectivity index is 1.32. The van der Waals surface area contributed by atoms with E-state index in [-0.39, 0.29) is 28.5 Å². The standard InChI is InChI=1S/C27H30N11O12S3/c1-35-26(32-33-34-35)52-10-13-9-51-22-18(21(41)38(22)19(13)24(44)45)30-20(40)17(31-25(46)36-7-16(39)37(11-36)53(2,48)49)12-3-5-14(6-4-12)29-27(47)50-8-15(28)23(42)43/h3-6,11,15,17-18,22H,7-10,28H2,1-2H3,(H,29,47)(H,30,40)(H,31,46)(H,42,43)(H,44,45)/q-1/p+1/t15-,17+,18-,22-/m1/s1. The van der Waals surface area contributed by atoms with Gasteiger partial charge in [0, 0.05) is 24.2 Å². The molecule has 8 N–H and O–H groups in total. The number of benzene rings is 1. The Kier molecular flexibility index (Phi) is 11.4. The Morgan fingerprint density at radius 1 is 1.17 bits per heavy atom. The zero-order chi connectivity index (χ0) is 38.8. The topological polar surface area (TPSA) is 320 Å². The number of urea groups is 1. The average Bonchev–Trinajstić information content (AvgIpc) is 3.71. The number of nitrogens with zero attached hydrogens (tertiary/aromatic N) is 7. The van der Waals surface area contributed by atoms with Gasteiger partial charge in [-0.15, -0.1) is 23.5 Å². The van der Waals surface area contributed by atoms with Crippen molar-refractivity contribution in [2.45, 2.75) is 28.7 Å². The van der Waals surface area contributed by atoms with Crippen LogP contribution < -0.4 is 21.7 Å². The third kappa shape index (κ3) is 8.61. The third-order valence-corrected chi connectivity index (χ3v) is 11.2. The van der Waals surface area contributed by atoms with Gasteiger partial charge in [-0.1, -0.05) is 23.9 Å². The summed E-state index contributed by atoms with van der Waals surface area (Å²) in [4.78, 5) is 89.9. The highest BCUT2D eigenvalue weighted by Gasteiger charge is 2.54. The van der Waals surface area contributed by atoms with Crippen LogP contribution in [-0.4, -0.2) is 143 Å². The van der Waals surface area contributed by atoms with E-state index >= 15 is 0 Å². The first-order valence-corrected chi connectivity index (χ1v) is 18.9. The summed E-state index contributed by atoms with van der Waals surface area (Å²) in [5.41, 5.74) is 3.77. The van der Waals surface area contributed by atoms with E-state index in [9.17, 15) is 47.1 Å². The zero-order valence-corrected chi connectivity index (χ0v) is 30.0. The lowest BCUT2D eigenvalue weighted by Gasteiger charge is -2.49. The van der Waals surface area contributed by atoms with E-state index in [1.54, 1.807) is 7.05 Å². The van der Waals surface area contributed by atoms with Gasteiger partial charge in [-0.2, -0.15) is 0 Å². The van der Waals surface area contributed by atoms with Crippen molar-refractivity contribution in [2.24, 2.45) is 7.05 Å². The van der Waals surface area contributed by atoms with Gasteiger partial charge < -0.3 is 40.5 Å². The molecule has 53 heavy (non-hydrogen) atoms. The number of aromatic nitrogens is 4. The number of fused-ring (bicyclic) bond motifs is 1. The lowest BCUT2D eigenvalue weighted by atomic mass is 10.0. The van der Waals surface area contributed by atoms with E-state index in [1.165, 1.54) is 52.5 Å². The molecule has 3 aliphatic rings. The number of carbonyl (C=O) groups is 7. The van der Waals surface area contributed by atoms with Gasteiger partial charge in [0.2, 0.25) is 33.0 Å². The molecule has 0 saturated carbocycles. The molecule has 2 aromatic rings. The van der Waals surface area contributed by atoms with Gasteiger partial charge in [0.25, 0.3) is 11.9 Å². The van der Waals surface area contributed by atoms with Crippen molar-refractivity contribution in [3.8, 4) is 0 Å². The highest BCUT2D eigenvalue weighted by atomic mass is 32.2. The summed E-state index contributed by atoms with van der Waals surface area (Å²) in [6, 6.07) is 0.266. The number of amides is 6. The van der Waals surface area contributed by atoms with Crippen LogP contribution in [0.3, 0.4) is 0 Å².